The van der Waals surface area contributed by atoms with Gasteiger partial charge in [0, 0.05) is 42.2 Å². The van der Waals surface area contributed by atoms with Crippen LogP contribution in [0.5, 0.6) is 0 Å². The second kappa shape index (κ2) is 6.18. The van der Waals surface area contributed by atoms with Crippen molar-refractivity contribution in [1.82, 2.24) is 9.88 Å². The first kappa shape index (κ1) is 13.9. The molecule has 1 aromatic carbocycles. The van der Waals surface area contributed by atoms with Gasteiger partial charge in [-0.2, -0.15) is 0 Å². The first-order chi connectivity index (χ1) is 9.78. The molecule has 3 rings (SSSR count). The zero-order chi connectivity index (χ0) is 13.9. The van der Waals surface area contributed by atoms with E-state index in [9.17, 15) is 0 Å². The Kier molecular flexibility index (Phi) is 4.31. The van der Waals surface area contributed by atoms with Gasteiger partial charge in [-0.1, -0.05) is 28.1 Å². The maximum Gasteiger partial charge on any atom is 0.0824 e. The zero-order valence-corrected chi connectivity index (χ0v) is 12.8. The number of halogens is 1. The number of nitrogens with two attached hydrogens (primary N) is 1. The highest BCUT2D eigenvalue weighted by Crippen LogP contribution is 2.26. The second-order valence-corrected chi connectivity index (χ2v) is 5.92. The average Bonchev–Trinajstić information content (AvgIpc) is 2.51. The Hall–Kier alpha value is -1.01. The van der Waals surface area contributed by atoms with Crippen molar-refractivity contribution in [3.63, 3.8) is 0 Å². The molecule has 1 aliphatic heterocycles. The molecule has 1 unspecified atom stereocenters. The molecule has 0 aliphatic carbocycles. The van der Waals surface area contributed by atoms with Gasteiger partial charge in [-0.25, -0.2) is 0 Å². The van der Waals surface area contributed by atoms with Crippen LogP contribution >= 0.6 is 15.9 Å². The lowest BCUT2D eigenvalue weighted by molar-refractivity contribution is -0.0259. The van der Waals surface area contributed by atoms with Gasteiger partial charge in [-0.05, 0) is 17.7 Å². The fourth-order valence-electron chi connectivity index (χ4n) is 2.63. The lowest BCUT2D eigenvalue weighted by Gasteiger charge is -2.32. The number of fused-ring (bicyclic) bond motifs is 1. The molecule has 0 saturated carbocycles. The number of hydrogen-bond donors (Lipinski definition) is 1. The summed E-state index contributed by atoms with van der Waals surface area (Å²) in [5, 5.41) is 1.16. The molecule has 0 bridgehead atoms. The van der Waals surface area contributed by atoms with Gasteiger partial charge in [0.25, 0.3) is 0 Å². The van der Waals surface area contributed by atoms with E-state index in [1.807, 2.05) is 12.3 Å². The SMILES string of the molecule is NCC1CN(Cc2ccc(Br)c3cccnc23)CCO1. The molecule has 2 N–H and O–H groups in total. The summed E-state index contributed by atoms with van der Waals surface area (Å²) in [4.78, 5) is 6.92. The predicted molar refractivity (Wildman–Crippen MR) is 83.5 cm³/mol. The number of morpholine rings is 1. The topological polar surface area (TPSA) is 51.4 Å². The van der Waals surface area contributed by atoms with Crippen LogP contribution in [0.1, 0.15) is 5.56 Å². The Morgan fingerprint density at radius 3 is 3.15 bits per heavy atom. The molecule has 2 heterocycles. The lowest BCUT2D eigenvalue weighted by atomic mass is 10.1. The van der Waals surface area contributed by atoms with Crippen LogP contribution in [-0.2, 0) is 11.3 Å². The van der Waals surface area contributed by atoms with Crippen molar-refractivity contribution < 1.29 is 4.74 Å². The molecule has 4 nitrogen and oxygen atoms in total. The van der Waals surface area contributed by atoms with Gasteiger partial charge in [0.2, 0.25) is 0 Å². The molecule has 1 atom stereocenters. The Labute approximate surface area is 127 Å². The Balaban J connectivity index is 1.86. The van der Waals surface area contributed by atoms with E-state index in [0.717, 1.165) is 41.6 Å². The van der Waals surface area contributed by atoms with Crippen LogP contribution in [0.15, 0.2) is 34.9 Å². The van der Waals surface area contributed by atoms with Crippen molar-refractivity contribution >= 4 is 26.8 Å². The van der Waals surface area contributed by atoms with Crippen LogP contribution in [0.2, 0.25) is 0 Å². The van der Waals surface area contributed by atoms with Crippen molar-refractivity contribution in [1.29, 1.82) is 0 Å². The third kappa shape index (κ3) is 2.86. The zero-order valence-electron chi connectivity index (χ0n) is 11.3. The van der Waals surface area contributed by atoms with Crippen LogP contribution in [0, 0.1) is 0 Å². The van der Waals surface area contributed by atoms with Gasteiger partial charge >= 0.3 is 0 Å². The minimum absolute atomic E-state index is 0.151. The van der Waals surface area contributed by atoms with E-state index < -0.39 is 0 Å². The van der Waals surface area contributed by atoms with Gasteiger partial charge in [-0.15, -0.1) is 0 Å². The summed E-state index contributed by atoms with van der Waals surface area (Å²) in [5.41, 5.74) is 8.02. The largest absolute Gasteiger partial charge is 0.374 e. The second-order valence-electron chi connectivity index (χ2n) is 5.07. The third-order valence-electron chi connectivity index (χ3n) is 3.68. The Bertz CT molecular complexity index is 605. The van der Waals surface area contributed by atoms with E-state index in [1.54, 1.807) is 0 Å². The maximum atomic E-state index is 5.70. The number of ether oxygens (including phenoxy) is 1. The molecule has 1 aliphatic rings. The van der Waals surface area contributed by atoms with Crippen molar-refractivity contribution in [2.24, 2.45) is 5.73 Å². The van der Waals surface area contributed by atoms with Gasteiger partial charge < -0.3 is 10.5 Å². The maximum absolute atomic E-state index is 5.70. The number of hydrogen-bond acceptors (Lipinski definition) is 4. The fourth-order valence-corrected chi connectivity index (χ4v) is 3.08. The average molecular weight is 336 g/mol. The highest BCUT2D eigenvalue weighted by Gasteiger charge is 2.20. The summed E-state index contributed by atoms with van der Waals surface area (Å²) in [6, 6.07) is 8.31. The summed E-state index contributed by atoms with van der Waals surface area (Å²) in [6.07, 6.45) is 2.00. The smallest absolute Gasteiger partial charge is 0.0824 e. The number of nitrogens with zero attached hydrogens (tertiary/aromatic N) is 2. The Morgan fingerprint density at radius 2 is 2.30 bits per heavy atom. The molecule has 1 fully saturated rings. The van der Waals surface area contributed by atoms with Crippen LogP contribution in [0.3, 0.4) is 0 Å². The van der Waals surface area contributed by atoms with E-state index in [2.05, 4.69) is 44.0 Å². The Morgan fingerprint density at radius 1 is 1.40 bits per heavy atom. The third-order valence-corrected chi connectivity index (χ3v) is 4.37. The van der Waals surface area contributed by atoms with E-state index in [4.69, 9.17) is 10.5 Å². The first-order valence-corrected chi connectivity index (χ1v) is 7.63. The van der Waals surface area contributed by atoms with Crippen molar-refractivity contribution in [2.45, 2.75) is 12.6 Å². The van der Waals surface area contributed by atoms with Gasteiger partial charge in [0.05, 0.1) is 18.2 Å². The molecule has 5 heteroatoms. The van der Waals surface area contributed by atoms with Crippen LogP contribution in [0.4, 0.5) is 0 Å². The number of pyridine rings is 1. The van der Waals surface area contributed by atoms with Gasteiger partial charge in [-0.3, -0.25) is 9.88 Å². The minimum Gasteiger partial charge on any atom is -0.374 e. The van der Waals surface area contributed by atoms with Crippen LogP contribution in [-0.4, -0.2) is 42.2 Å². The standard InChI is InChI=1S/C15H18BrN3O/c16-14-4-3-11(15-13(14)2-1-5-18-15)9-19-6-7-20-12(8-17)10-19/h1-5,12H,6-10,17H2. The molecular weight excluding hydrogens is 318 g/mol. The van der Waals surface area contributed by atoms with Crippen LogP contribution in [0.25, 0.3) is 10.9 Å². The minimum atomic E-state index is 0.151. The quantitative estimate of drug-likeness (QED) is 0.933. The molecular formula is C15H18BrN3O. The summed E-state index contributed by atoms with van der Waals surface area (Å²) in [7, 11) is 0. The summed E-state index contributed by atoms with van der Waals surface area (Å²) >= 11 is 3.59. The molecule has 0 amide bonds. The van der Waals surface area contributed by atoms with Crippen molar-refractivity contribution in [3.05, 3.63) is 40.5 Å². The molecule has 20 heavy (non-hydrogen) atoms. The fraction of sp³-hybridized carbons (Fsp3) is 0.400. The highest BCUT2D eigenvalue weighted by atomic mass is 79.9. The molecule has 0 spiro atoms. The van der Waals surface area contributed by atoms with E-state index in [1.165, 1.54) is 5.56 Å². The van der Waals surface area contributed by atoms with Crippen molar-refractivity contribution in [2.75, 3.05) is 26.2 Å². The number of rotatable bonds is 3. The lowest BCUT2D eigenvalue weighted by Crippen LogP contribution is -2.45. The molecule has 2 aromatic rings. The summed E-state index contributed by atoms with van der Waals surface area (Å²) in [6.45, 7) is 4.06. The number of aromatic nitrogens is 1. The molecule has 1 aromatic heterocycles. The predicted octanol–water partition coefficient (Wildman–Crippen LogP) is 2.16. The van der Waals surface area contributed by atoms with Crippen LogP contribution < -0.4 is 5.73 Å². The van der Waals surface area contributed by atoms with Gasteiger partial charge in [0.15, 0.2) is 0 Å². The summed E-state index contributed by atoms with van der Waals surface area (Å²) < 4.78 is 6.70. The van der Waals surface area contributed by atoms with Crippen molar-refractivity contribution in [3.8, 4) is 0 Å². The molecule has 0 radical (unpaired) electrons. The van der Waals surface area contributed by atoms with E-state index in [0.29, 0.717) is 6.54 Å². The summed E-state index contributed by atoms with van der Waals surface area (Å²) in [5.74, 6) is 0. The first-order valence-electron chi connectivity index (χ1n) is 6.84. The number of benzene rings is 1. The normalized spacial score (nSPS) is 20.4. The monoisotopic (exact) mass is 335 g/mol. The van der Waals surface area contributed by atoms with E-state index >= 15 is 0 Å². The molecule has 106 valence electrons. The highest BCUT2D eigenvalue weighted by molar-refractivity contribution is 9.10. The molecule has 1 saturated heterocycles. The van der Waals surface area contributed by atoms with E-state index in [-0.39, 0.29) is 6.10 Å². The van der Waals surface area contributed by atoms with Gasteiger partial charge in [0.1, 0.15) is 0 Å².